The first-order valence-corrected chi connectivity index (χ1v) is 12.7. The first-order chi connectivity index (χ1) is 19.4. The van der Waals surface area contributed by atoms with Gasteiger partial charge in [0.2, 0.25) is 0 Å². The molecule has 2 N–H and O–H groups in total. The standard InChI is InChI=1S/C31H30N2O7/c1-37-21-8-5-18(6-9-21)28-27(29(34)19-7-12-25(39-3)26(15-19)40-4)30(35)31(36)33(28)14-13-20-17-32-24-11-10-22(38-2)16-23(20)24/h5-12,15-17,28,32,34H,13-14H2,1-4H3/t28-/m0/s1. The minimum Gasteiger partial charge on any atom is -0.507 e. The van der Waals surface area contributed by atoms with Crippen molar-refractivity contribution >= 4 is 28.4 Å². The van der Waals surface area contributed by atoms with Crippen molar-refractivity contribution in [3.63, 3.8) is 0 Å². The van der Waals surface area contributed by atoms with Gasteiger partial charge < -0.3 is 33.9 Å². The highest BCUT2D eigenvalue weighted by Crippen LogP contribution is 2.41. The van der Waals surface area contributed by atoms with E-state index in [0.29, 0.717) is 34.8 Å². The lowest BCUT2D eigenvalue weighted by Crippen LogP contribution is -2.31. The summed E-state index contributed by atoms with van der Waals surface area (Å²) in [5.74, 6) is 0.488. The second-order valence-electron chi connectivity index (χ2n) is 9.31. The van der Waals surface area contributed by atoms with Gasteiger partial charge in [0.1, 0.15) is 17.3 Å². The average molecular weight is 543 g/mol. The Morgan fingerprint density at radius 2 is 1.55 bits per heavy atom. The van der Waals surface area contributed by atoms with Gasteiger partial charge in [0.15, 0.2) is 11.5 Å². The molecule has 40 heavy (non-hydrogen) atoms. The Kier molecular flexibility index (Phi) is 7.37. The molecular weight excluding hydrogens is 512 g/mol. The Morgan fingerprint density at radius 3 is 2.23 bits per heavy atom. The minimum atomic E-state index is -0.807. The number of aromatic nitrogens is 1. The van der Waals surface area contributed by atoms with Crippen molar-refractivity contribution in [2.24, 2.45) is 0 Å². The van der Waals surface area contributed by atoms with Crippen LogP contribution in [0.5, 0.6) is 23.0 Å². The quantitative estimate of drug-likeness (QED) is 0.176. The zero-order chi connectivity index (χ0) is 28.4. The van der Waals surface area contributed by atoms with E-state index in [1.54, 1.807) is 56.7 Å². The van der Waals surface area contributed by atoms with Crippen LogP contribution in [-0.2, 0) is 16.0 Å². The molecule has 1 amide bonds. The number of nitrogens with zero attached hydrogens (tertiary/aromatic N) is 1. The van der Waals surface area contributed by atoms with E-state index in [0.717, 1.165) is 22.2 Å². The number of aliphatic hydroxyl groups excluding tert-OH is 1. The molecule has 0 spiro atoms. The van der Waals surface area contributed by atoms with E-state index < -0.39 is 17.7 Å². The highest BCUT2D eigenvalue weighted by atomic mass is 16.5. The van der Waals surface area contributed by atoms with E-state index in [1.165, 1.54) is 19.1 Å². The second kappa shape index (κ2) is 11.1. The van der Waals surface area contributed by atoms with Gasteiger partial charge in [-0.1, -0.05) is 12.1 Å². The average Bonchev–Trinajstić information content (AvgIpc) is 3.52. The van der Waals surface area contributed by atoms with Crippen molar-refractivity contribution in [3.8, 4) is 23.0 Å². The maximum absolute atomic E-state index is 13.5. The number of benzene rings is 3. The van der Waals surface area contributed by atoms with Gasteiger partial charge in [-0.25, -0.2) is 0 Å². The third-order valence-electron chi connectivity index (χ3n) is 7.23. The molecule has 1 aliphatic heterocycles. The number of ether oxygens (including phenoxy) is 4. The van der Waals surface area contributed by atoms with Crippen molar-refractivity contribution < 1.29 is 33.6 Å². The van der Waals surface area contributed by atoms with Crippen LogP contribution < -0.4 is 18.9 Å². The summed E-state index contributed by atoms with van der Waals surface area (Å²) in [7, 11) is 6.17. The molecule has 2 heterocycles. The normalized spacial score (nSPS) is 16.4. The van der Waals surface area contributed by atoms with Crippen LogP contribution in [0.15, 0.2) is 72.4 Å². The van der Waals surface area contributed by atoms with Gasteiger partial charge >= 0.3 is 0 Å². The van der Waals surface area contributed by atoms with E-state index in [-0.39, 0.29) is 17.9 Å². The molecule has 1 saturated heterocycles. The highest BCUT2D eigenvalue weighted by molar-refractivity contribution is 6.46. The van der Waals surface area contributed by atoms with E-state index in [9.17, 15) is 14.7 Å². The predicted octanol–water partition coefficient (Wildman–Crippen LogP) is 4.87. The van der Waals surface area contributed by atoms with Crippen LogP contribution in [0, 0.1) is 0 Å². The molecule has 3 aromatic carbocycles. The fraction of sp³-hybridized carbons (Fsp3) is 0.226. The Labute approximate surface area is 231 Å². The Morgan fingerprint density at radius 1 is 0.850 bits per heavy atom. The Hall–Kier alpha value is -4.92. The number of Topliss-reactive ketones (excluding diaryl/α,β-unsaturated/α-hetero) is 1. The minimum absolute atomic E-state index is 0.00276. The molecule has 1 fully saturated rings. The molecule has 0 saturated carbocycles. The summed E-state index contributed by atoms with van der Waals surface area (Å²) in [5, 5.41) is 12.4. The third kappa shape index (κ3) is 4.70. The summed E-state index contributed by atoms with van der Waals surface area (Å²) < 4.78 is 21.4. The third-order valence-corrected chi connectivity index (χ3v) is 7.23. The SMILES string of the molecule is COc1ccc([C@H]2C(=C(O)c3ccc(OC)c(OC)c3)C(=O)C(=O)N2CCc2c[nH]c3ccc(OC)cc23)cc1. The van der Waals surface area contributed by atoms with E-state index in [4.69, 9.17) is 18.9 Å². The number of fused-ring (bicyclic) bond motifs is 1. The molecule has 9 nitrogen and oxygen atoms in total. The second-order valence-corrected chi connectivity index (χ2v) is 9.31. The molecule has 1 aromatic heterocycles. The van der Waals surface area contributed by atoms with E-state index in [2.05, 4.69) is 4.98 Å². The number of nitrogens with one attached hydrogen (secondary N) is 1. The lowest BCUT2D eigenvalue weighted by Gasteiger charge is -2.25. The zero-order valence-electron chi connectivity index (χ0n) is 22.7. The lowest BCUT2D eigenvalue weighted by molar-refractivity contribution is -0.139. The van der Waals surface area contributed by atoms with Gasteiger partial charge in [0.25, 0.3) is 11.7 Å². The van der Waals surface area contributed by atoms with Crippen molar-refractivity contribution in [1.29, 1.82) is 0 Å². The number of ketones is 1. The number of amides is 1. The molecule has 0 radical (unpaired) electrons. The highest BCUT2D eigenvalue weighted by Gasteiger charge is 2.46. The van der Waals surface area contributed by atoms with Crippen LogP contribution >= 0.6 is 0 Å². The van der Waals surface area contributed by atoms with Gasteiger partial charge in [0, 0.05) is 29.2 Å². The smallest absolute Gasteiger partial charge is 0.295 e. The van der Waals surface area contributed by atoms with E-state index >= 15 is 0 Å². The first-order valence-electron chi connectivity index (χ1n) is 12.7. The monoisotopic (exact) mass is 542 g/mol. The molecule has 0 bridgehead atoms. The number of aliphatic hydroxyl groups is 1. The van der Waals surface area contributed by atoms with Gasteiger partial charge in [-0.3, -0.25) is 9.59 Å². The number of likely N-dealkylation sites (tertiary alicyclic amines) is 1. The maximum Gasteiger partial charge on any atom is 0.295 e. The number of hydrogen-bond acceptors (Lipinski definition) is 7. The molecular formula is C31H30N2O7. The fourth-order valence-corrected chi connectivity index (χ4v) is 5.11. The number of carbonyl (C=O) groups excluding carboxylic acids is 2. The number of aromatic amines is 1. The summed E-state index contributed by atoms with van der Waals surface area (Å²) in [4.78, 5) is 31.7. The van der Waals surface area contributed by atoms with Gasteiger partial charge in [-0.15, -0.1) is 0 Å². The number of hydrogen-bond donors (Lipinski definition) is 2. The van der Waals surface area contributed by atoms with Crippen LogP contribution in [0.2, 0.25) is 0 Å². The van der Waals surface area contributed by atoms with Gasteiger partial charge in [0.05, 0.1) is 40.1 Å². The molecule has 1 atom stereocenters. The van der Waals surface area contributed by atoms with Gasteiger partial charge in [-0.05, 0) is 66.1 Å². The largest absolute Gasteiger partial charge is 0.507 e. The molecule has 5 rings (SSSR count). The van der Waals surface area contributed by atoms with Crippen LogP contribution in [0.25, 0.3) is 16.7 Å². The van der Waals surface area contributed by atoms with Gasteiger partial charge in [-0.2, -0.15) is 0 Å². The zero-order valence-corrected chi connectivity index (χ0v) is 22.7. The maximum atomic E-state index is 13.5. The Bertz CT molecular complexity index is 1600. The summed E-state index contributed by atoms with van der Waals surface area (Å²) in [6, 6.07) is 16.9. The predicted molar refractivity (Wildman–Crippen MR) is 150 cm³/mol. The summed E-state index contributed by atoms with van der Waals surface area (Å²) in [5.41, 5.74) is 2.92. The number of H-pyrrole nitrogens is 1. The molecule has 1 aliphatic rings. The summed E-state index contributed by atoms with van der Waals surface area (Å²) in [6.45, 7) is 0.244. The number of methoxy groups -OCH3 is 4. The topological polar surface area (TPSA) is 110 Å². The lowest BCUT2D eigenvalue weighted by atomic mass is 9.95. The number of carbonyl (C=O) groups is 2. The van der Waals surface area contributed by atoms with E-state index in [1.807, 2.05) is 24.4 Å². The van der Waals surface area contributed by atoms with Crippen molar-refractivity contribution in [2.45, 2.75) is 12.5 Å². The number of rotatable bonds is 9. The first kappa shape index (κ1) is 26.7. The Balaban J connectivity index is 1.57. The van der Waals surface area contributed by atoms with Crippen molar-refractivity contribution in [1.82, 2.24) is 9.88 Å². The van der Waals surface area contributed by atoms with Crippen LogP contribution in [-0.4, -0.2) is 61.7 Å². The van der Waals surface area contributed by atoms with Crippen molar-refractivity contribution in [2.75, 3.05) is 35.0 Å². The van der Waals surface area contributed by atoms with Crippen LogP contribution in [0.3, 0.4) is 0 Å². The molecule has 9 heteroatoms. The molecule has 206 valence electrons. The fourth-order valence-electron chi connectivity index (χ4n) is 5.11. The summed E-state index contributed by atoms with van der Waals surface area (Å²) >= 11 is 0. The van der Waals surface area contributed by atoms with Crippen LogP contribution in [0.1, 0.15) is 22.7 Å². The van der Waals surface area contributed by atoms with Crippen molar-refractivity contribution in [3.05, 3.63) is 89.1 Å². The molecule has 0 unspecified atom stereocenters. The molecule has 4 aromatic rings. The van der Waals surface area contributed by atoms with Crippen LogP contribution in [0.4, 0.5) is 0 Å². The summed E-state index contributed by atoms with van der Waals surface area (Å²) in [6.07, 6.45) is 2.37. The molecule has 0 aliphatic carbocycles.